The number of anilines is 1. The SMILES string of the molecule is COc1ccc(/C(C)=N\NC(=O)CN(c2cc(C(F)(F)F)ccc2Cl)S(C)(=O)=O)cc1. The van der Waals surface area contributed by atoms with Crippen LogP contribution in [0.1, 0.15) is 18.1 Å². The van der Waals surface area contributed by atoms with Crippen molar-refractivity contribution in [3.8, 4) is 5.75 Å². The topological polar surface area (TPSA) is 88.1 Å². The maximum absolute atomic E-state index is 13.0. The van der Waals surface area contributed by atoms with Crippen LogP contribution in [0.25, 0.3) is 0 Å². The molecule has 12 heteroatoms. The number of amides is 1. The van der Waals surface area contributed by atoms with Gasteiger partial charge < -0.3 is 4.74 Å². The van der Waals surface area contributed by atoms with Crippen LogP contribution in [-0.4, -0.2) is 39.9 Å². The quantitative estimate of drug-likeness (QED) is 0.487. The Labute approximate surface area is 182 Å². The van der Waals surface area contributed by atoms with Crippen LogP contribution in [0.3, 0.4) is 0 Å². The number of carbonyl (C=O) groups excluding carboxylic acids is 1. The summed E-state index contributed by atoms with van der Waals surface area (Å²) in [5, 5.41) is 3.64. The molecule has 0 bridgehead atoms. The van der Waals surface area contributed by atoms with E-state index in [9.17, 15) is 26.4 Å². The number of sulfonamides is 1. The minimum Gasteiger partial charge on any atom is -0.497 e. The van der Waals surface area contributed by atoms with Crippen molar-refractivity contribution in [3.63, 3.8) is 0 Å². The maximum Gasteiger partial charge on any atom is 0.416 e. The normalized spacial score (nSPS) is 12.4. The third-order valence-electron chi connectivity index (χ3n) is 4.09. The number of rotatable bonds is 7. The Bertz CT molecular complexity index is 1090. The second kappa shape index (κ2) is 9.56. The number of hydrazone groups is 1. The lowest BCUT2D eigenvalue weighted by molar-refractivity contribution is -0.137. The first-order valence-corrected chi connectivity index (χ1v) is 10.9. The molecular weight excluding hydrogens is 459 g/mol. The second-order valence-corrected chi connectivity index (χ2v) is 8.71. The number of methoxy groups -OCH3 is 1. The molecule has 2 rings (SSSR count). The van der Waals surface area contributed by atoms with Gasteiger partial charge in [0.1, 0.15) is 12.3 Å². The van der Waals surface area contributed by atoms with Crippen molar-refractivity contribution >= 4 is 38.9 Å². The molecule has 168 valence electrons. The van der Waals surface area contributed by atoms with Gasteiger partial charge in [-0.15, -0.1) is 0 Å². The van der Waals surface area contributed by atoms with Gasteiger partial charge in [0, 0.05) is 0 Å². The monoisotopic (exact) mass is 477 g/mol. The van der Waals surface area contributed by atoms with Gasteiger partial charge in [0.15, 0.2) is 0 Å². The molecule has 0 fully saturated rings. The van der Waals surface area contributed by atoms with E-state index >= 15 is 0 Å². The van der Waals surface area contributed by atoms with E-state index in [0.717, 1.165) is 18.4 Å². The van der Waals surface area contributed by atoms with E-state index in [1.165, 1.54) is 7.11 Å². The number of hydrogen-bond acceptors (Lipinski definition) is 5. The van der Waals surface area contributed by atoms with Gasteiger partial charge in [-0.3, -0.25) is 9.10 Å². The molecule has 0 radical (unpaired) electrons. The third kappa shape index (κ3) is 6.59. The van der Waals surface area contributed by atoms with Gasteiger partial charge in [-0.05, 0) is 55.0 Å². The fourth-order valence-corrected chi connectivity index (χ4v) is 3.60. The van der Waals surface area contributed by atoms with Crippen molar-refractivity contribution in [2.45, 2.75) is 13.1 Å². The largest absolute Gasteiger partial charge is 0.497 e. The van der Waals surface area contributed by atoms with E-state index in [2.05, 4.69) is 10.5 Å². The number of carbonyl (C=O) groups is 1. The van der Waals surface area contributed by atoms with Crippen LogP contribution >= 0.6 is 11.6 Å². The molecule has 0 spiro atoms. The van der Waals surface area contributed by atoms with E-state index in [4.69, 9.17) is 16.3 Å². The molecule has 0 aromatic heterocycles. The Morgan fingerprint density at radius 3 is 2.32 bits per heavy atom. The molecule has 2 aromatic rings. The first-order chi connectivity index (χ1) is 14.3. The third-order valence-corrected chi connectivity index (χ3v) is 5.53. The van der Waals surface area contributed by atoms with E-state index in [1.807, 2.05) is 0 Å². The molecular formula is C19H19ClF3N3O4S. The molecule has 0 saturated heterocycles. The first kappa shape index (κ1) is 24.5. The highest BCUT2D eigenvalue weighted by Gasteiger charge is 2.33. The molecule has 31 heavy (non-hydrogen) atoms. The van der Waals surface area contributed by atoms with Gasteiger partial charge in [-0.1, -0.05) is 11.6 Å². The Balaban J connectivity index is 2.25. The number of halogens is 4. The minimum atomic E-state index is -4.72. The summed E-state index contributed by atoms with van der Waals surface area (Å²) in [4.78, 5) is 12.3. The van der Waals surface area contributed by atoms with Crippen LogP contribution in [0.2, 0.25) is 5.02 Å². The summed E-state index contributed by atoms with van der Waals surface area (Å²) in [6, 6.07) is 9.00. The fourth-order valence-electron chi connectivity index (χ4n) is 2.47. The molecule has 2 aromatic carbocycles. The summed E-state index contributed by atoms with van der Waals surface area (Å²) in [6.07, 6.45) is -3.96. The second-order valence-electron chi connectivity index (χ2n) is 6.39. The Morgan fingerprint density at radius 1 is 1.19 bits per heavy atom. The van der Waals surface area contributed by atoms with E-state index < -0.39 is 39.9 Å². The number of hydrogen-bond donors (Lipinski definition) is 1. The lowest BCUT2D eigenvalue weighted by Gasteiger charge is -2.23. The molecule has 0 aliphatic carbocycles. The van der Waals surface area contributed by atoms with Crippen LogP contribution in [0.5, 0.6) is 5.75 Å². The summed E-state index contributed by atoms with van der Waals surface area (Å²) in [7, 11) is -2.62. The summed E-state index contributed by atoms with van der Waals surface area (Å²) in [5.74, 6) is -0.242. The van der Waals surface area contributed by atoms with Gasteiger partial charge in [0.05, 0.1) is 35.4 Å². The van der Waals surface area contributed by atoms with Crippen LogP contribution in [0, 0.1) is 0 Å². The maximum atomic E-state index is 13.0. The van der Waals surface area contributed by atoms with E-state index in [1.54, 1.807) is 31.2 Å². The van der Waals surface area contributed by atoms with Crippen molar-refractivity contribution in [1.29, 1.82) is 0 Å². The number of nitrogens with zero attached hydrogens (tertiary/aromatic N) is 2. The predicted molar refractivity (Wildman–Crippen MR) is 112 cm³/mol. The minimum absolute atomic E-state index is 0.260. The van der Waals surface area contributed by atoms with Crippen molar-refractivity contribution in [2.75, 3.05) is 24.2 Å². The van der Waals surface area contributed by atoms with Gasteiger partial charge in [-0.2, -0.15) is 18.3 Å². The summed E-state index contributed by atoms with van der Waals surface area (Å²) in [5.41, 5.74) is 1.71. The molecule has 0 atom stereocenters. The Hall–Kier alpha value is -2.79. The van der Waals surface area contributed by atoms with Crippen molar-refractivity contribution in [1.82, 2.24) is 5.43 Å². The number of benzene rings is 2. The summed E-state index contributed by atoms with van der Waals surface area (Å²) in [6.45, 7) is 0.791. The molecule has 1 amide bonds. The highest BCUT2D eigenvalue weighted by Crippen LogP contribution is 2.36. The number of alkyl halides is 3. The molecule has 0 aliphatic heterocycles. The van der Waals surface area contributed by atoms with Gasteiger partial charge in [0.2, 0.25) is 10.0 Å². The van der Waals surface area contributed by atoms with Crippen LogP contribution in [0.15, 0.2) is 47.6 Å². The van der Waals surface area contributed by atoms with Gasteiger partial charge in [0.25, 0.3) is 5.91 Å². The Morgan fingerprint density at radius 2 is 1.81 bits per heavy atom. The molecule has 0 heterocycles. The van der Waals surface area contributed by atoms with E-state index in [0.29, 0.717) is 27.4 Å². The van der Waals surface area contributed by atoms with Crippen LogP contribution in [-0.2, 0) is 21.0 Å². The number of ether oxygens (including phenoxy) is 1. The van der Waals surface area contributed by atoms with Crippen molar-refractivity contribution < 1.29 is 31.1 Å². The zero-order valence-corrected chi connectivity index (χ0v) is 18.3. The predicted octanol–water partition coefficient (Wildman–Crippen LogP) is 3.67. The number of nitrogens with one attached hydrogen (secondary N) is 1. The Kier molecular flexibility index (Phi) is 7.55. The van der Waals surface area contributed by atoms with Crippen LogP contribution < -0.4 is 14.5 Å². The molecule has 0 aliphatic rings. The fraction of sp³-hybridized carbons (Fsp3) is 0.263. The zero-order chi connectivity index (χ0) is 23.4. The average molecular weight is 478 g/mol. The van der Waals surface area contributed by atoms with Gasteiger partial charge >= 0.3 is 6.18 Å². The van der Waals surface area contributed by atoms with Crippen molar-refractivity contribution in [2.24, 2.45) is 5.10 Å². The van der Waals surface area contributed by atoms with Gasteiger partial charge in [-0.25, -0.2) is 13.8 Å². The highest BCUT2D eigenvalue weighted by atomic mass is 35.5. The lowest BCUT2D eigenvalue weighted by atomic mass is 10.1. The first-order valence-electron chi connectivity index (χ1n) is 8.65. The zero-order valence-electron chi connectivity index (χ0n) is 16.7. The summed E-state index contributed by atoms with van der Waals surface area (Å²) >= 11 is 5.92. The van der Waals surface area contributed by atoms with Crippen molar-refractivity contribution in [3.05, 3.63) is 58.6 Å². The molecule has 1 N–H and O–H groups in total. The standard InChI is InChI=1S/C19H19ClF3N3O4S/c1-12(13-4-7-15(30-2)8-5-13)24-25-18(27)11-26(31(3,28)29)17-10-14(19(21,22)23)6-9-16(17)20/h4-10H,11H2,1-3H3,(H,25,27)/b24-12-. The summed E-state index contributed by atoms with van der Waals surface area (Å²) < 4.78 is 68.9. The van der Waals surface area contributed by atoms with E-state index in [-0.39, 0.29) is 5.02 Å². The molecule has 0 unspecified atom stereocenters. The molecule has 0 saturated carbocycles. The average Bonchev–Trinajstić information content (AvgIpc) is 2.69. The molecule has 7 nitrogen and oxygen atoms in total. The lowest BCUT2D eigenvalue weighted by Crippen LogP contribution is -2.39. The highest BCUT2D eigenvalue weighted by molar-refractivity contribution is 7.92. The van der Waals surface area contributed by atoms with Crippen LogP contribution in [0.4, 0.5) is 18.9 Å². The smallest absolute Gasteiger partial charge is 0.416 e.